The summed E-state index contributed by atoms with van der Waals surface area (Å²) in [6.45, 7) is 17.6. The van der Waals surface area contributed by atoms with Crippen molar-refractivity contribution in [2.24, 2.45) is 22.7 Å². The summed E-state index contributed by atoms with van der Waals surface area (Å²) in [6.07, 6.45) is 7.57. The van der Waals surface area contributed by atoms with Gasteiger partial charge >= 0.3 is 0 Å². The van der Waals surface area contributed by atoms with Crippen LogP contribution in [0.4, 0.5) is 0 Å². The molecule has 8 rings (SSSR count). The monoisotopic (exact) mass is 1110 g/mol. The van der Waals surface area contributed by atoms with Gasteiger partial charge in [-0.3, -0.25) is 33.6 Å². The number of aryl methyl sites for hydroxylation is 2. The third-order valence-electron chi connectivity index (χ3n) is 17.2. The summed E-state index contributed by atoms with van der Waals surface area (Å²) in [7, 11) is 1.68. The quantitative estimate of drug-likeness (QED) is 0.0571. The van der Waals surface area contributed by atoms with Crippen LogP contribution in [0.25, 0.3) is 0 Å². The van der Waals surface area contributed by atoms with E-state index in [0.29, 0.717) is 30.6 Å². The van der Waals surface area contributed by atoms with Crippen molar-refractivity contribution < 1.29 is 38.3 Å². The number of hydrogen-bond acceptors (Lipinski definition) is 9. The van der Waals surface area contributed by atoms with Crippen molar-refractivity contribution >= 4 is 41.2 Å². The fourth-order valence-corrected chi connectivity index (χ4v) is 12.2. The van der Waals surface area contributed by atoms with E-state index < -0.39 is 41.0 Å². The van der Waals surface area contributed by atoms with Gasteiger partial charge in [0, 0.05) is 37.4 Å². The molecule has 0 aromatic heterocycles. The zero-order chi connectivity index (χ0) is 58.3. The minimum atomic E-state index is -0.919. The molecule has 1 fully saturated rings. The molecule has 81 heavy (non-hydrogen) atoms. The highest BCUT2D eigenvalue weighted by Gasteiger charge is 2.47. The summed E-state index contributed by atoms with van der Waals surface area (Å²) < 4.78 is 6.37. The lowest BCUT2D eigenvalue weighted by Gasteiger charge is -2.42. The highest BCUT2D eigenvalue weighted by atomic mass is 16.5. The molecule has 2 aliphatic heterocycles. The Kier molecular flexibility index (Phi) is 19.3. The molecule has 15 nitrogen and oxygen atoms in total. The van der Waals surface area contributed by atoms with Crippen LogP contribution < -0.4 is 31.3 Å². The summed E-state index contributed by atoms with van der Waals surface area (Å²) >= 11 is 0. The maximum absolute atomic E-state index is 15.0. The summed E-state index contributed by atoms with van der Waals surface area (Å²) in [4.78, 5) is 103. The van der Waals surface area contributed by atoms with E-state index in [1.807, 2.05) is 110 Å². The van der Waals surface area contributed by atoms with E-state index in [0.717, 1.165) is 72.8 Å². The standard InChI is InChI=1S/C66H87N7O8/c1-11-18-40(2)59(75)70-57(65(4,5)6)64(80)73-38-48-35-49(32-31-47(48)36-55(73)62(78)69-53-26-17-22-45-20-13-15-24-51(45)53)81-39-42-27-29-46(30-28-42)56(74)34-43-33-54(61(77)68-52-25-16-21-44-19-12-14-23-50(44)52)72(37-43)63(79)58(66(7,8)9)71-60(76)41(3)67-10/h12-15,19-20,23-24,27-32,35,40-41,43,52-55,57-58,67H,11,16-18,21-22,25-26,33-34,36-39H2,1-10H3,(H,68,77)(H,69,78)(H,70,75)(H,71,76)/t40-,41+,43?,52?,53?,54+,55+,57-,58-/m1/s1. The molecule has 6 amide bonds. The van der Waals surface area contributed by atoms with Gasteiger partial charge in [-0.15, -0.1) is 0 Å². The number of nitrogens with zero attached hydrogens (tertiary/aromatic N) is 2. The van der Waals surface area contributed by atoms with Crippen molar-refractivity contribution in [1.82, 2.24) is 36.4 Å². The Morgan fingerprint density at radius 2 is 1.21 bits per heavy atom. The van der Waals surface area contributed by atoms with Gasteiger partial charge in [-0.1, -0.05) is 141 Å². The molecule has 0 spiro atoms. The van der Waals surface area contributed by atoms with Crippen LogP contribution in [0.1, 0.15) is 175 Å². The Labute approximate surface area is 479 Å². The molecule has 0 saturated carbocycles. The molecule has 4 aromatic rings. The first-order chi connectivity index (χ1) is 38.5. The molecular formula is C66H87N7O8. The molecule has 4 aromatic carbocycles. The van der Waals surface area contributed by atoms with Gasteiger partial charge in [0.1, 0.15) is 36.5 Å². The number of benzene rings is 4. The number of Topliss-reactive ketones (excluding diaryl/α,β-unsaturated/α-hetero) is 1. The lowest BCUT2D eigenvalue weighted by Crippen LogP contribution is -2.61. The van der Waals surface area contributed by atoms with Gasteiger partial charge in [0.2, 0.25) is 35.4 Å². The highest BCUT2D eigenvalue weighted by Crippen LogP contribution is 2.36. The Hall–Kier alpha value is -6.87. The maximum Gasteiger partial charge on any atom is 0.246 e. The lowest BCUT2D eigenvalue weighted by molar-refractivity contribution is -0.147. The summed E-state index contributed by atoms with van der Waals surface area (Å²) in [5.41, 5.74) is 6.38. The van der Waals surface area contributed by atoms with Crippen LogP contribution in [0.5, 0.6) is 5.75 Å². The molecule has 4 aliphatic rings. The average molecular weight is 1110 g/mol. The predicted molar refractivity (Wildman–Crippen MR) is 314 cm³/mol. The largest absolute Gasteiger partial charge is 0.489 e. The van der Waals surface area contributed by atoms with Gasteiger partial charge in [0.05, 0.1) is 18.1 Å². The first-order valence-corrected chi connectivity index (χ1v) is 29.6. The number of ether oxygens (including phenoxy) is 1. The Morgan fingerprint density at radius 3 is 1.78 bits per heavy atom. The minimum Gasteiger partial charge on any atom is -0.489 e. The number of hydrogen-bond donors (Lipinski definition) is 5. The van der Waals surface area contributed by atoms with Crippen molar-refractivity contribution in [3.63, 3.8) is 0 Å². The van der Waals surface area contributed by atoms with E-state index in [2.05, 4.69) is 50.8 Å². The Balaban J connectivity index is 0.957. The van der Waals surface area contributed by atoms with Crippen LogP contribution in [0.3, 0.4) is 0 Å². The molecule has 5 N–H and O–H groups in total. The first kappa shape index (κ1) is 60.2. The number of carbonyl (C=O) groups is 7. The fourth-order valence-electron chi connectivity index (χ4n) is 12.2. The topological polar surface area (TPSA) is 195 Å². The third kappa shape index (κ3) is 14.4. The van der Waals surface area contributed by atoms with Gasteiger partial charge in [0.15, 0.2) is 5.78 Å². The van der Waals surface area contributed by atoms with Crippen LogP contribution in [0.15, 0.2) is 91.0 Å². The van der Waals surface area contributed by atoms with Gasteiger partial charge < -0.3 is 41.1 Å². The van der Waals surface area contributed by atoms with Crippen LogP contribution in [0, 0.1) is 22.7 Å². The van der Waals surface area contributed by atoms with E-state index >= 15 is 0 Å². The second-order valence-electron chi connectivity index (χ2n) is 25.5. The third-order valence-corrected chi connectivity index (χ3v) is 17.2. The molecule has 0 radical (unpaired) electrons. The molecule has 2 heterocycles. The fraction of sp³-hybridized carbons (Fsp3) is 0.530. The highest BCUT2D eigenvalue weighted by molar-refractivity contribution is 5.98. The van der Waals surface area contributed by atoms with Gasteiger partial charge in [-0.2, -0.15) is 0 Å². The molecule has 9 atom stereocenters. The molecular weight excluding hydrogens is 1020 g/mol. The number of likely N-dealkylation sites (tertiary alicyclic amines) is 1. The Morgan fingerprint density at radius 1 is 0.654 bits per heavy atom. The number of rotatable bonds is 19. The van der Waals surface area contributed by atoms with Gasteiger partial charge in [-0.25, -0.2) is 0 Å². The molecule has 2 aliphatic carbocycles. The Bertz CT molecular complexity index is 2940. The zero-order valence-electron chi connectivity index (χ0n) is 49.4. The zero-order valence-corrected chi connectivity index (χ0v) is 49.4. The van der Waals surface area contributed by atoms with E-state index in [-0.39, 0.29) is 91.3 Å². The number of nitrogens with one attached hydrogen (secondary N) is 5. The number of fused-ring (bicyclic) bond motifs is 3. The number of carbonyl (C=O) groups excluding carboxylic acids is 7. The maximum atomic E-state index is 15.0. The summed E-state index contributed by atoms with van der Waals surface area (Å²) in [5, 5.41) is 15.6. The first-order valence-electron chi connectivity index (χ1n) is 29.6. The van der Waals surface area contributed by atoms with Gasteiger partial charge in [0.25, 0.3) is 0 Å². The molecule has 15 heteroatoms. The minimum absolute atomic E-state index is 0.112. The van der Waals surface area contributed by atoms with Gasteiger partial charge in [-0.05, 0) is 133 Å². The number of likely N-dealkylation sites (N-methyl/N-ethyl adjacent to an activating group) is 1. The van der Waals surface area contributed by atoms with Crippen molar-refractivity contribution in [2.75, 3.05) is 13.6 Å². The number of ketones is 1. The average Bonchev–Trinajstić information content (AvgIpc) is 4.14. The normalized spacial score (nSPS) is 21.2. The van der Waals surface area contributed by atoms with Crippen molar-refractivity contribution in [1.29, 1.82) is 0 Å². The van der Waals surface area contributed by atoms with Crippen LogP contribution in [-0.2, 0) is 61.2 Å². The SMILES string of the molecule is CCC[C@@H](C)C(=O)N[C@H](C(=O)N1Cc2cc(OCc3ccc(C(=O)CC4C[C@@H](C(=O)NC5CCCc6ccccc65)N(C(=O)[C@@H](NC(=O)[C@H](C)NC)C(C)(C)C)C4)cc3)ccc2C[C@H]1C(=O)NC1CCCc2ccccc21)C(C)(C)C. The van der Waals surface area contributed by atoms with Crippen molar-refractivity contribution in [3.8, 4) is 5.75 Å². The predicted octanol–water partition coefficient (Wildman–Crippen LogP) is 8.80. The molecule has 3 unspecified atom stereocenters. The van der Waals surface area contributed by atoms with E-state index in [1.165, 1.54) is 11.1 Å². The molecule has 434 valence electrons. The van der Waals surface area contributed by atoms with Crippen molar-refractivity contribution in [3.05, 3.63) is 136 Å². The number of amides is 6. The second-order valence-corrected chi connectivity index (χ2v) is 25.5. The lowest BCUT2D eigenvalue weighted by atomic mass is 9.83. The van der Waals surface area contributed by atoms with Crippen LogP contribution in [0.2, 0.25) is 0 Å². The summed E-state index contributed by atoms with van der Waals surface area (Å²) in [6, 6.07) is 25.0. The molecule has 1 saturated heterocycles. The van der Waals surface area contributed by atoms with E-state index in [4.69, 9.17) is 4.74 Å². The summed E-state index contributed by atoms with van der Waals surface area (Å²) in [5.74, 6) is -1.79. The van der Waals surface area contributed by atoms with E-state index in [1.54, 1.807) is 35.9 Å². The smallest absolute Gasteiger partial charge is 0.246 e. The van der Waals surface area contributed by atoms with E-state index in [9.17, 15) is 33.6 Å². The van der Waals surface area contributed by atoms with Crippen molar-refractivity contribution in [2.45, 2.75) is 188 Å². The second kappa shape index (κ2) is 25.9. The van der Waals surface area contributed by atoms with Crippen LogP contribution >= 0.6 is 0 Å². The van der Waals surface area contributed by atoms with Crippen LogP contribution in [-0.4, -0.2) is 94.8 Å². The molecule has 0 bridgehead atoms.